The fraction of sp³-hybridized carbons (Fsp3) is 0.118. The molecule has 0 aliphatic heterocycles. The monoisotopic (exact) mass is 311 g/mol. The van der Waals surface area contributed by atoms with Crippen molar-refractivity contribution >= 4 is 5.91 Å². The van der Waals surface area contributed by atoms with Crippen LogP contribution in [0.4, 0.5) is 4.39 Å². The number of aryl methyl sites for hydroxylation is 1. The second-order valence-corrected chi connectivity index (χ2v) is 4.98. The summed E-state index contributed by atoms with van der Waals surface area (Å²) in [6.45, 7) is 1.94. The van der Waals surface area contributed by atoms with Crippen molar-refractivity contribution in [3.05, 3.63) is 71.4 Å². The number of nitrogens with zero attached hydrogens (tertiary/aromatic N) is 2. The summed E-state index contributed by atoms with van der Waals surface area (Å²) in [5.74, 6) is -0.367. The quantitative estimate of drug-likeness (QED) is 0.804. The molecule has 1 N–H and O–H groups in total. The van der Waals surface area contributed by atoms with Gasteiger partial charge in [-0.2, -0.15) is 0 Å². The van der Waals surface area contributed by atoms with Crippen molar-refractivity contribution in [3.63, 3.8) is 0 Å². The van der Waals surface area contributed by atoms with Gasteiger partial charge in [-0.3, -0.25) is 4.79 Å². The molecule has 23 heavy (non-hydrogen) atoms. The Kier molecular flexibility index (Phi) is 4.14. The van der Waals surface area contributed by atoms with E-state index in [1.54, 1.807) is 30.3 Å². The van der Waals surface area contributed by atoms with Crippen LogP contribution in [0.5, 0.6) is 0 Å². The number of amides is 1. The molecule has 6 heteroatoms. The highest BCUT2D eigenvalue weighted by Gasteiger charge is 2.14. The van der Waals surface area contributed by atoms with E-state index in [4.69, 9.17) is 4.42 Å². The molecule has 0 atom stereocenters. The first kappa shape index (κ1) is 14.9. The predicted octanol–water partition coefficient (Wildman–Crippen LogP) is 3.11. The smallest absolute Gasteiger partial charge is 0.251 e. The first-order valence-electron chi connectivity index (χ1n) is 7.06. The van der Waals surface area contributed by atoms with Crippen LogP contribution < -0.4 is 5.32 Å². The lowest BCUT2D eigenvalue weighted by atomic mass is 10.1. The van der Waals surface area contributed by atoms with Crippen LogP contribution in [0.3, 0.4) is 0 Å². The van der Waals surface area contributed by atoms with Crippen molar-refractivity contribution < 1.29 is 13.6 Å². The van der Waals surface area contributed by atoms with Gasteiger partial charge in [-0.1, -0.05) is 30.3 Å². The van der Waals surface area contributed by atoms with Crippen LogP contribution in [0.25, 0.3) is 11.5 Å². The van der Waals surface area contributed by atoms with Gasteiger partial charge in [-0.15, -0.1) is 10.2 Å². The largest absolute Gasteiger partial charge is 0.419 e. The van der Waals surface area contributed by atoms with E-state index in [2.05, 4.69) is 15.5 Å². The predicted molar refractivity (Wildman–Crippen MR) is 82.0 cm³/mol. The molecule has 0 aliphatic carbocycles. The molecule has 0 spiro atoms. The van der Waals surface area contributed by atoms with Crippen molar-refractivity contribution in [1.82, 2.24) is 15.5 Å². The molecule has 0 radical (unpaired) electrons. The number of rotatable bonds is 4. The zero-order chi connectivity index (χ0) is 16.2. The Morgan fingerprint density at radius 3 is 2.65 bits per heavy atom. The van der Waals surface area contributed by atoms with E-state index in [1.165, 1.54) is 6.07 Å². The second kappa shape index (κ2) is 6.39. The van der Waals surface area contributed by atoms with Gasteiger partial charge in [0.05, 0.1) is 12.1 Å². The van der Waals surface area contributed by atoms with E-state index in [1.807, 2.05) is 19.1 Å². The van der Waals surface area contributed by atoms with Crippen LogP contribution in [0.15, 0.2) is 52.9 Å². The molecule has 3 rings (SSSR count). The highest BCUT2D eigenvalue weighted by Crippen LogP contribution is 2.20. The Morgan fingerprint density at radius 1 is 1.13 bits per heavy atom. The van der Waals surface area contributed by atoms with E-state index in [0.29, 0.717) is 5.56 Å². The standard InChI is InChI=1S/C17H14FN3O2/c1-11-6-2-3-7-12(11)16(22)19-10-15-20-21-17(23-15)13-8-4-5-9-14(13)18/h2-9H,10H2,1H3,(H,19,22). The molecule has 1 amide bonds. The number of hydrogen-bond acceptors (Lipinski definition) is 4. The first-order valence-corrected chi connectivity index (χ1v) is 7.06. The molecule has 1 heterocycles. The Hall–Kier alpha value is -3.02. The molecule has 5 nitrogen and oxygen atoms in total. The minimum absolute atomic E-state index is 0.0780. The summed E-state index contributed by atoms with van der Waals surface area (Å²) in [5.41, 5.74) is 1.69. The summed E-state index contributed by atoms with van der Waals surface area (Å²) in [4.78, 5) is 12.1. The SMILES string of the molecule is Cc1ccccc1C(=O)NCc1nnc(-c2ccccc2F)o1. The lowest BCUT2D eigenvalue weighted by Crippen LogP contribution is -2.23. The van der Waals surface area contributed by atoms with E-state index in [0.717, 1.165) is 5.56 Å². The minimum atomic E-state index is -0.438. The third-order valence-electron chi connectivity index (χ3n) is 3.36. The van der Waals surface area contributed by atoms with Crippen LogP contribution in [0.2, 0.25) is 0 Å². The minimum Gasteiger partial charge on any atom is -0.419 e. The van der Waals surface area contributed by atoms with Crippen LogP contribution >= 0.6 is 0 Å². The zero-order valence-corrected chi connectivity index (χ0v) is 12.4. The molecule has 0 fully saturated rings. The molecule has 0 bridgehead atoms. The molecule has 2 aromatic carbocycles. The van der Waals surface area contributed by atoms with E-state index in [9.17, 15) is 9.18 Å². The summed E-state index contributed by atoms with van der Waals surface area (Å²) in [6.07, 6.45) is 0. The van der Waals surface area contributed by atoms with Crippen LogP contribution in [-0.4, -0.2) is 16.1 Å². The summed E-state index contributed by atoms with van der Waals surface area (Å²) in [7, 11) is 0. The van der Waals surface area contributed by atoms with Crippen LogP contribution in [0.1, 0.15) is 21.8 Å². The number of carbonyl (C=O) groups excluding carboxylic acids is 1. The van der Waals surface area contributed by atoms with Crippen molar-refractivity contribution in [2.45, 2.75) is 13.5 Å². The Bertz CT molecular complexity index is 845. The number of aromatic nitrogens is 2. The fourth-order valence-corrected chi connectivity index (χ4v) is 2.15. The summed E-state index contributed by atoms with van der Waals surface area (Å²) >= 11 is 0. The highest BCUT2D eigenvalue weighted by molar-refractivity contribution is 5.95. The van der Waals surface area contributed by atoms with E-state index >= 15 is 0 Å². The molecule has 0 aliphatic rings. The first-order chi connectivity index (χ1) is 11.1. The molecule has 3 aromatic rings. The second-order valence-electron chi connectivity index (χ2n) is 4.98. The van der Waals surface area contributed by atoms with E-state index in [-0.39, 0.29) is 29.8 Å². The zero-order valence-electron chi connectivity index (χ0n) is 12.4. The lowest BCUT2D eigenvalue weighted by Gasteiger charge is -2.05. The van der Waals surface area contributed by atoms with Gasteiger partial charge in [0.25, 0.3) is 11.8 Å². The molecule has 0 saturated carbocycles. The number of nitrogens with one attached hydrogen (secondary N) is 1. The van der Waals surface area contributed by atoms with Crippen molar-refractivity contribution in [2.24, 2.45) is 0 Å². The fourth-order valence-electron chi connectivity index (χ4n) is 2.15. The van der Waals surface area contributed by atoms with Gasteiger partial charge in [0.15, 0.2) is 0 Å². The van der Waals surface area contributed by atoms with Crippen LogP contribution in [-0.2, 0) is 6.54 Å². The number of halogens is 1. The number of benzene rings is 2. The van der Waals surface area contributed by atoms with Gasteiger partial charge in [0.1, 0.15) is 5.82 Å². The van der Waals surface area contributed by atoms with Crippen molar-refractivity contribution in [2.75, 3.05) is 0 Å². The molecule has 116 valence electrons. The van der Waals surface area contributed by atoms with Gasteiger partial charge in [-0.25, -0.2) is 4.39 Å². The average Bonchev–Trinajstić information content (AvgIpc) is 3.02. The molecular formula is C17H14FN3O2. The number of carbonyl (C=O) groups is 1. The van der Waals surface area contributed by atoms with Crippen LogP contribution in [0, 0.1) is 12.7 Å². The van der Waals surface area contributed by atoms with Gasteiger partial charge in [-0.05, 0) is 30.7 Å². The van der Waals surface area contributed by atoms with Crippen molar-refractivity contribution in [1.29, 1.82) is 0 Å². The Balaban J connectivity index is 1.70. The maximum Gasteiger partial charge on any atom is 0.251 e. The third kappa shape index (κ3) is 3.26. The molecule has 0 saturated heterocycles. The average molecular weight is 311 g/mol. The lowest BCUT2D eigenvalue weighted by molar-refractivity contribution is 0.0946. The van der Waals surface area contributed by atoms with Gasteiger partial charge in [0, 0.05) is 5.56 Å². The van der Waals surface area contributed by atoms with Gasteiger partial charge in [0.2, 0.25) is 5.89 Å². The van der Waals surface area contributed by atoms with Gasteiger partial charge < -0.3 is 9.73 Å². The maximum absolute atomic E-state index is 13.7. The molecule has 1 aromatic heterocycles. The van der Waals surface area contributed by atoms with Gasteiger partial charge >= 0.3 is 0 Å². The molecule has 0 unspecified atom stereocenters. The number of hydrogen-bond donors (Lipinski definition) is 1. The van der Waals surface area contributed by atoms with E-state index < -0.39 is 5.82 Å². The van der Waals surface area contributed by atoms with Crippen molar-refractivity contribution in [3.8, 4) is 11.5 Å². The third-order valence-corrected chi connectivity index (χ3v) is 3.36. The topological polar surface area (TPSA) is 68.0 Å². The summed E-state index contributed by atoms with van der Waals surface area (Å²) in [5, 5.41) is 10.3. The normalized spacial score (nSPS) is 10.5. The maximum atomic E-state index is 13.7. The summed E-state index contributed by atoms with van der Waals surface area (Å²) in [6, 6.07) is 13.4. The Morgan fingerprint density at radius 2 is 1.87 bits per heavy atom. The molecular weight excluding hydrogens is 297 g/mol. The highest BCUT2D eigenvalue weighted by atomic mass is 19.1. The summed E-state index contributed by atoms with van der Waals surface area (Å²) < 4.78 is 19.1. The Labute approximate surface area is 132 Å².